The minimum Gasteiger partial charge on any atom is -0.489 e. The van der Waals surface area contributed by atoms with Gasteiger partial charge in [0.1, 0.15) is 12.4 Å². The van der Waals surface area contributed by atoms with Crippen LogP contribution in [0.3, 0.4) is 0 Å². The Hall–Kier alpha value is -3.28. The molecule has 2 aromatic carbocycles. The minimum absolute atomic E-state index is 0.336. The van der Waals surface area contributed by atoms with Gasteiger partial charge in [0.2, 0.25) is 0 Å². The molecule has 1 heterocycles. The number of esters is 1. The molecule has 2 N–H and O–H groups in total. The van der Waals surface area contributed by atoms with Crippen LogP contribution in [0.25, 0.3) is 0 Å². The normalized spacial score (nSPS) is 16.1. The zero-order valence-electron chi connectivity index (χ0n) is 17.0. The molecule has 2 aromatic rings. The Morgan fingerprint density at radius 3 is 2.59 bits per heavy atom. The number of benzene rings is 2. The molecule has 0 fully saturated rings. The molecule has 29 heavy (non-hydrogen) atoms. The zero-order valence-corrected chi connectivity index (χ0v) is 17.0. The van der Waals surface area contributed by atoms with Crippen molar-refractivity contribution in [2.45, 2.75) is 39.3 Å². The summed E-state index contributed by atoms with van der Waals surface area (Å²) in [5.41, 5.74) is 4.04. The molecule has 2 amide bonds. The Bertz CT molecular complexity index is 919. The maximum atomic E-state index is 12.5. The molecule has 0 aromatic heterocycles. The molecule has 0 spiro atoms. The summed E-state index contributed by atoms with van der Waals surface area (Å²) in [5.74, 6) is 0.203. The third kappa shape index (κ3) is 4.96. The summed E-state index contributed by atoms with van der Waals surface area (Å²) in [5, 5.41) is 5.57. The van der Waals surface area contributed by atoms with Gasteiger partial charge >= 0.3 is 12.0 Å². The quantitative estimate of drug-likeness (QED) is 0.692. The van der Waals surface area contributed by atoms with Crippen LogP contribution >= 0.6 is 0 Å². The van der Waals surface area contributed by atoms with Crippen molar-refractivity contribution >= 4 is 12.0 Å². The first-order valence-corrected chi connectivity index (χ1v) is 9.69. The summed E-state index contributed by atoms with van der Waals surface area (Å²) < 4.78 is 10.9. The van der Waals surface area contributed by atoms with E-state index in [1.165, 1.54) is 12.7 Å². The van der Waals surface area contributed by atoms with Crippen LogP contribution in [0.2, 0.25) is 0 Å². The Kier molecular flexibility index (Phi) is 6.54. The number of aryl methyl sites for hydroxylation is 1. The van der Waals surface area contributed by atoms with Crippen LogP contribution in [0.5, 0.6) is 5.75 Å². The predicted molar refractivity (Wildman–Crippen MR) is 110 cm³/mol. The second kappa shape index (κ2) is 9.28. The topological polar surface area (TPSA) is 76.7 Å². The SMILES string of the molecule is CCCC1=C(C(=O)OC)C(c2cccc(OCc3ccc(C)cc3)c2)NC(=O)N1. The molecule has 0 saturated heterocycles. The number of methoxy groups -OCH3 is 1. The molecular weight excluding hydrogens is 368 g/mol. The second-order valence-corrected chi connectivity index (χ2v) is 7.01. The first-order valence-electron chi connectivity index (χ1n) is 9.69. The highest BCUT2D eigenvalue weighted by Gasteiger charge is 2.33. The number of carbonyl (C=O) groups is 2. The van der Waals surface area contributed by atoms with Crippen LogP contribution in [0.15, 0.2) is 59.8 Å². The molecule has 1 aliphatic rings. The van der Waals surface area contributed by atoms with Crippen LogP contribution in [0.1, 0.15) is 42.5 Å². The lowest BCUT2D eigenvalue weighted by Crippen LogP contribution is -2.45. The van der Waals surface area contributed by atoms with E-state index in [2.05, 4.69) is 10.6 Å². The van der Waals surface area contributed by atoms with Crippen molar-refractivity contribution in [2.24, 2.45) is 0 Å². The zero-order chi connectivity index (χ0) is 20.8. The third-order valence-electron chi connectivity index (χ3n) is 4.78. The number of ether oxygens (including phenoxy) is 2. The van der Waals surface area contributed by atoms with E-state index < -0.39 is 12.0 Å². The van der Waals surface area contributed by atoms with Gasteiger partial charge in [0.25, 0.3) is 0 Å². The molecule has 1 unspecified atom stereocenters. The van der Waals surface area contributed by atoms with Crippen molar-refractivity contribution in [3.8, 4) is 5.75 Å². The molecule has 0 aliphatic carbocycles. The number of hydrogen-bond donors (Lipinski definition) is 2. The maximum Gasteiger partial charge on any atom is 0.337 e. The first kappa shape index (κ1) is 20.5. The van der Waals surface area contributed by atoms with E-state index in [1.807, 2.05) is 62.4 Å². The predicted octanol–water partition coefficient (Wildman–Crippen LogP) is 4.16. The fourth-order valence-electron chi connectivity index (χ4n) is 3.30. The largest absolute Gasteiger partial charge is 0.489 e. The van der Waals surface area contributed by atoms with Crippen LogP contribution in [-0.2, 0) is 16.1 Å². The van der Waals surface area contributed by atoms with Crippen LogP contribution in [0.4, 0.5) is 4.79 Å². The Morgan fingerprint density at radius 1 is 1.14 bits per heavy atom. The van der Waals surface area contributed by atoms with Crippen LogP contribution in [-0.4, -0.2) is 19.1 Å². The molecule has 1 aliphatic heterocycles. The van der Waals surface area contributed by atoms with Crippen molar-refractivity contribution in [3.63, 3.8) is 0 Å². The minimum atomic E-state index is -0.597. The Balaban J connectivity index is 1.86. The van der Waals surface area contributed by atoms with Gasteiger partial charge in [-0.3, -0.25) is 0 Å². The summed E-state index contributed by atoms with van der Waals surface area (Å²) in [6.07, 6.45) is 1.38. The van der Waals surface area contributed by atoms with Gasteiger partial charge in [-0.2, -0.15) is 0 Å². The van der Waals surface area contributed by atoms with E-state index in [4.69, 9.17) is 9.47 Å². The molecule has 152 valence electrons. The molecule has 6 nitrogen and oxygen atoms in total. The van der Waals surface area contributed by atoms with Gasteiger partial charge < -0.3 is 20.1 Å². The van der Waals surface area contributed by atoms with Crippen LogP contribution in [0, 0.1) is 6.92 Å². The number of carbonyl (C=O) groups excluding carboxylic acids is 2. The van der Waals surface area contributed by atoms with Gasteiger partial charge in [-0.15, -0.1) is 0 Å². The summed E-state index contributed by atoms with van der Waals surface area (Å²) in [6, 6.07) is 14.6. The third-order valence-corrected chi connectivity index (χ3v) is 4.78. The van der Waals surface area contributed by atoms with Gasteiger partial charge in [-0.1, -0.05) is 55.3 Å². The number of rotatable bonds is 7. The smallest absolute Gasteiger partial charge is 0.337 e. The molecule has 0 radical (unpaired) electrons. The van der Waals surface area contributed by atoms with E-state index in [1.54, 1.807) is 0 Å². The maximum absolute atomic E-state index is 12.5. The second-order valence-electron chi connectivity index (χ2n) is 7.01. The van der Waals surface area contributed by atoms with Crippen molar-refractivity contribution in [1.82, 2.24) is 10.6 Å². The van der Waals surface area contributed by atoms with Gasteiger partial charge in [0.15, 0.2) is 0 Å². The van der Waals surface area contributed by atoms with Crippen LogP contribution < -0.4 is 15.4 Å². The molecular formula is C23H26N2O4. The van der Waals surface area contributed by atoms with E-state index in [0.717, 1.165) is 17.5 Å². The lowest BCUT2D eigenvalue weighted by molar-refractivity contribution is -0.136. The Labute approximate surface area is 170 Å². The average molecular weight is 394 g/mol. The fourth-order valence-corrected chi connectivity index (χ4v) is 3.30. The summed E-state index contributed by atoms with van der Waals surface area (Å²) in [7, 11) is 1.34. The number of nitrogens with one attached hydrogen (secondary N) is 2. The lowest BCUT2D eigenvalue weighted by atomic mass is 9.93. The molecule has 3 rings (SSSR count). The van der Waals surface area contributed by atoms with Gasteiger partial charge in [0.05, 0.1) is 18.7 Å². The van der Waals surface area contributed by atoms with Gasteiger partial charge in [0, 0.05) is 5.70 Å². The number of urea groups is 1. The van der Waals surface area contributed by atoms with Crippen molar-refractivity contribution in [1.29, 1.82) is 0 Å². The van der Waals surface area contributed by atoms with E-state index in [-0.39, 0.29) is 6.03 Å². The number of hydrogen-bond acceptors (Lipinski definition) is 4. The Morgan fingerprint density at radius 2 is 1.90 bits per heavy atom. The standard InChI is InChI=1S/C23H26N2O4/c1-4-6-19-20(22(26)28-3)21(25-23(27)24-19)17-7-5-8-18(13-17)29-14-16-11-9-15(2)10-12-16/h5,7-13,21H,4,6,14H2,1-3H3,(H2,24,25,27). The van der Waals surface area contributed by atoms with E-state index >= 15 is 0 Å². The van der Waals surface area contributed by atoms with Gasteiger partial charge in [-0.25, -0.2) is 9.59 Å². The van der Waals surface area contributed by atoms with E-state index in [9.17, 15) is 9.59 Å². The van der Waals surface area contributed by atoms with Crippen molar-refractivity contribution in [3.05, 3.63) is 76.5 Å². The first-order chi connectivity index (χ1) is 14.0. The lowest BCUT2D eigenvalue weighted by Gasteiger charge is -2.29. The number of amides is 2. The molecule has 6 heteroatoms. The average Bonchev–Trinajstić information content (AvgIpc) is 2.73. The van der Waals surface area contributed by atoms with E-state index in [0.29, 0.717) is 30.0 Å². The van der Waals surface area contributed by atoms with Crippen molar-refractivity contribution in [2.75, 3.05) is 7.11 Å². The molecule has 1 atom stereocenters. The summed E-state index contributed by atoms with van der Waals surface area (Å²) in [4.78, 5) is 24.6. The van der Waals surface area contributed by atoms with Crippen molar-refractivity contribution < 1.29 is 19.1 Å². The molecule has 0 saturated carbocycles. The highest BCUT2D eigenvalue weighted by atomic mass is 16.5. The summed E-state index contributed by atoms with van der Waals surface area (Å²) >= 11 is 0. The molecule has 0 bridgehead atoms. The fraction of sp³-hybridized carbons (Fsp3) is 0.304. The highest BCUT2D eigenvalue weighted by Crippen LogP contribution is 2.31. The van der Waals surface area contributed by atoms with Gasteiger partial charge in [-0.05, 0) is 36.6 Å². The summed E-state index contributed by atoms with van der Waals surface area (Å²) in [6.45, 7) is 4.47. The monoisotopic (exact) mass is 394 g/mol. The number of allylic oxidation sites excluding steroid dienone is 1. The highest BCUT2D eigenvalue weighted by molar-refractivity contribution is 5.95.